The van der Waals surface area contributed by atoms with Gasteiger partial charge < -0.3 is 9.97 Å². The number of aromatic amines is 2. The minimum Gasteiger partial charge on any atom is -0.361 e. The number of ketones is 2. The second-order valence-electron chi connectivity index (χ2n) is 14.3. The molecule has 8 heteroatoms. The lowest BCUT2D eigenvalue weighted by Gasteiger charge is -2.12. The molecule has 276 valence electrons. The summed E-state index contributed by atoms with van der Waals surface area (Å²) in [6, 6.07) is 35.5. The fraction of sp³-hybridized carbons (Fsp3) is 0.167. The van der Waals surface area contributed by atoms with Crippen LogP contribution in [0.1, 0.15) is 89.5 Å². The highest BCUT2D eigenvalue weighted by Crippen LogP contribution is 2.42. The van der Waals surface area contributed by atoms with Gasteiger partial charge in [0, 0.05) is 78.6 Å². The van der Waals surface area contributed by atoms with E-state index in [1.54, 1.807) is 22.7 Å². The minimum atomic E-state index is 0.0890. The average molecular weight is 769 g/mol. The molecule has 2 aliphatic rings. The number of para-hydroxylation sites is 2. The van der Waals surface area contributed by atoms with E-state index in [9.17, 15) is 9.59 Å². The van der Waals surface area contributed by atoms with Crippen molar-refractivity contribution in [3.8, 4) is 0 Å². The molecule has 0 saturated heterocycles. The maximum absolute atomic E-state index is 13.3. The zero-order valence-electron chi connectivity index (χ0n) is 30.9. The van der Waals surface area contributed by atoms with Gasteiger partial charge in [0.25, 0.3) is 0 Å². The summed E-state index contributed by atoms with van der Waals surface area (Å²) in [5.74, 6) is 0.178. The smallest absolute Gasteiger partial charge is 0.196 e. The van der Waals surface area contributed by atoms with E-state index in [-0.39, 0.29) is 11.6 Å². The number of aryl methyl sites for hydroxylation is 2. The van der Waals surface area contributed by atoms with Gasteiger partial charge >= 0.3 is 0 Å². The van der Waals surface area contributed by atoms with Crippen LogP contribution in [0.2, 0.25) is 0 Å². The molecule has 4 aromatic carbocycles. The number of carbonyl (C=O) groups is 2. The molecule has 4 aromatic heterocycles. The van der Waals surface area contributed by atoms with Crippen LogP contribution in [0.4, 0.5) is 10.0 Å². The van der Waals surface area contributed by atoms with E-state index in [2.05, 4.69) is 34.2 Å². The SMILES string of the molecule is O=C(c1ccccc1)c1c(/N=C/c2c[nH]c3ccccc23)sc2c1CCCC2.O=C(c1ccccc1)c1c(/N=C/c2c[nH]c3ccccc23)sc2c1CCCC2. The molecule has 0 unspecified atom stereocenters. The molecule has 0 aliphatic heterocycles. The average Bonchev–Trinajstić information content (AvgIpc) is 4.05. The molecule has 8 aromatic rings. The topological polar surface area (TPSA) is 90.4 Å². The summed E-state index contributed by atoms with van der Waals surface area (Å²) in [6.45, 7) is 0. The van der Waals surface area contributed by atoms with Crippen LogP contribution in [0, 0.1) is 0 Å². The monoisotopic (exact) mass is 768 g/mol. The Hall–Kier alpha value is -5.96. The number of thiophene rings is 2. The second kappa shape index (κ2) is 16.0. The number of H-pyrrole nitrogens is 2. The van der Waals surface area contributed by atoms with Gasteiger partial charge in [-0.2, -0.15) is 0 Å². The third kappa shape index (κ3) is 7.14. The molecule has 0 radical (unpaired) electrons. The predicted octanol–water partition coefficient (Wildman–Crippen LogP) is 12.2. The van der Waals surface area contributed by atoms with Crippen LogP contribution in [-0.2, 0) is 25.7 Å². The maximum Gasteiger partial charge on any atom is 0.196 e. The zero-order chi connectivity index (χ0) is 37.8. The van der Waals surface area contributed by atoms with Crippen LogP contribution >= 0.6 is 22.7 Å². The standard InChI is InChI=1S/2C24H20N2OS/c2*27-23(16-8-2-1-3-9-16)22-19-11-5-7-13-21(19)28-24(22)26-15-17-14-25-20-12-6-4-10-18(17)20/h2*1-4,6,8-10,12,14-15,25H,5,7,11,13H2/b2*26-15+. The molecule has 0 spiro atoms. The van der Waals surface area contributed by atoms with E-state index in [4.69, 9.17) is 9.98 Å². The van der Waals surface area contributed by atoms with Crippen LogP contribution < -0.4 is 0 Å². The number of hydrogen-bond donors (Lipinski definition) is 2. The van der Waals surface area contributed by atoms with Gasteiger partial charge in [0.15, 0.2) is 11.6 Å². The van der Waals surface area contributed by atoms with Crippen LogP contribution in [0.3, 0.4) is 0 Å². The first kappa shape index (κ1) is 35.7. The van der Waals surface area contributed by atoms with Gasteiger partial charge in [0.2, 0.25) is 0 Å². The number of rotatable bonds is 8. The largest absolute Gasteiger partial charge is 0.361 e. The molecule has 0 atom stereocenters. The van der Waals surface area contributed by atoms with E-state index in [0.29, 0.717) is 0 Å². The first-order valence-corrected chi connectivity index (χ1v) is 20.9. The van der Waals surface area contributed by atoms with Gasteiger partial charge in [-0.25, -0.2) is 9.98 Å². The van der Waals surface area contributed by atoms with Gasteiger partial charge in [-0.3, -0.25) is 9.59 Å². The molecule has 0 fully saturated rings. The second-order valence-corrected chi connectivity index (χ2v) is 16.4. The molecular weight excluding hydrogens is 729 g/mol. The third-order valence-electron chi connectivity index (χ3n) is 10.7. The number of hydrogen-bond acceptors (Lipinski definition) is 6. The lowest BCUT2D eigenvalue weighted by molar-refractivity contribution is 0.103. The zero-order valence-corrected chi connectivity index (χ0v) is 32.5. The highest BCUT2D eigenvalue weighted by molar-refractivity contribution is 7.17. The van der Waals surface area contributed by atoms with E-state index in [0.717, 1.165) is 104 Å². The molecule has 6 nitrogen and oxygen atoms in total. The summed E-state index contributed by atoms with van der Waals surface area (Å²) < 4.78 is 0. The van der Waals surface area contributed by atoms with Crippen LogP contribution in [-0.4, -0.2) is 34.0 Å². The van der Waals surface area contributed by atoms with Crippen molar-refractivity contribution in [3.63, 3.8) is 0 Å². The van der Waals surface area contributed by atoms with Crippen molar-refractivity contribution in [3.05, 3.63) is 176 Å². The first-order chi connectivity index (χ1) is 27.6. The Balaban J connectivity index is 0.000000146. The van der Waals surface area contributed by atoms with Crippen LogP contribution in [0.25, 0.3) is 21.8 Å². The van der Waals surface area contributed by atoms with E-state index < -0.39 is 0 Å². The molecule has 0 saturated carbocycles. The van der Waals surface area contributed by atoms with Gasteiger partial charge in [-0.05, 0) is 74.6 Å². The highest BCUT2D eigenvalue weighted by atomic mass is 32.1. The first-order valence-electron chi connectivity index (χ1n) is 19.3. The molecule has 10 rings (SSSR count). The van der Waals surface area contributed by atoms with Crippen molar-refractivity contribution >= 4 is 78.5 Å². The summed E-state index contributed by atoms with van der Waals surface area (Å²) in [5, 5.41) is 3.96. The number of benzene rings is 4. The molecule has 0 bridgehead atoms. The van der Waals surface area contributed by atoms with Crippen molar-refractivity contribution < 1.29 is 9.59 Å². The number of nitrogens with one attached hydrogen (secondary N) is 2. The fourth-order valence-corrected chi connectivity index (χ4v) is 10.3. The van der Waals surface area contributed by atoms with Crippen molar-refractivity contribution in [1.29, 1.82) is 0 Å². The van der Waals surface area contributed by atoms with Gasteiger partial charge in [0.05, 0.1) is 11.1 Å². The Morgan fingerprint density at radius 1 is 0.500 bits per heavy atom. The Labute approximate surface area is 333 Å². The number of aromatic nitrogens is 2. The minimum absolute atomic E-state index is 0.0890. The number of carbonyl (C=O) groups excluding carboxylic acids is 2. The number of nitrogens with zero attached hydrogens (tertiary/aromatic N) is 2. The normalized spacial score (nSPS) is 13.9. The Bertz CT molecular complexity index is 2560. The van der Waals surface area contributed by atoms with Crippen molar-refractivity contribution in [1.82, 2.24) is 9.97 Å². The fourth-order valence-electron chi connectivity index (χ4n) is 7.88. The third-order valence-corrected chi connectivity index (χ3v) is 13.1. The van der Waals surface area contributed by atoms with Crippen molar-refractivity contribution in [2.24, 2.45) is 9.98 Å². The van der Waals surface area contributed by atoms with E-state index in [1.807, 2.05) is 110 Å². The maximum atomic E-state index is 13.3. The van der Waals surface area contributed by atoms with Crippen LogP contribution in [0.15, 0.2) is 132 Å². The lowest BCUT2D eigenvalue weighted by Crippen LogP contribution is -2.07. The summed E-state index contributed by atoms with van der Waals surface area (Å²) in [6.07, 6.45) is 16.4. The van der Waals surface area contributed by atoms with Gasteiger partial charge in [0.1, 0.15) is 10.0 Å². The molecule has 0 amide bonds. The molecule has 2 N–H and O–H groups in total. The van der Waals surface area contributed by atoms with Gasteiger partial charge in [-0.15, -0.1) is 22.7 Å². The van der Waals surface area contributed by atoms with E-state index in [1.165, 1.54) is 33.7 Å². The van der Waals surface area contributed by atoms with Crippen molar-refractivity contribution in [2.45, 2.75) is 51.4 Å². The Kier molecular flexibility index (Phi) is 10.2. The molecular formula is C48H40N4O2S2. The van der Waals surface area contributed by atoms with Crippen molar-refractivity contribution in [2.75, 3.05) is 0 Å². The molecule has 2 aliphatic carbocycles. The predicted molar refractivity (Wildman–Crippen MR) is 233 cm³/mol. The quantitative estimate of drug-likeness (QED) is 0.119. The summed E-state index contributed by atoms with van der Waals surface area (Å²) in [7, 11) is 0. The van der Waals surface area contributed by atoms with E-state index >= 15 is 0 Å². The molecule has 4 heterocycles. The number of aliphatic imine (C=N–C) groups is 2. The summed E-state index contributed by atoms with van der Waals surface area (Å²) in [5.41, 5.74) is 9.79. The van der Waals surface area contributed by atoms with Crippen LogP contribution in [0.5, 0.6) is 0 Å². The van der Waals surface area contributed by atoms with Gasteiger partial charge in [-0.1, -0.05) is 97.1 Å². The Morgan fingerprint density at radius 3 is 1.34 bits per heavy atom. The molecule has 56 heavy (non-hydrogen) atoms. The summed E-state index contributed by atoms with van der Waals surface area (Å²) >= 11 is 3.37. The lowest BCUT2D eigenvalue weighted by atomic mass is 9.92. The number of fused-ring (bicyclic) bond motifs is 4. The highest BCUT2D eigenvalue weighted by Gasteiger charge is 2.27. The Morgan fingerprint density at radius 2 is 0.893 bits per heavy atom. The summed E-state index contributed by atoms with van der Waals surface area (Å²) in [4.78, 5) is 45.4.